The van der Waals surface area contributed by atoms with Crippen LogP contribution in [0.2, 0.25) is 0 Å². The van der Waals surface area contributed by atoms with Crippen molar-refractivity contribution in [3.63, 3.8) is 0 Å². The first-order chi connectivity index (χ1) is 7.79. The fourth-order valence-corrected chi connectivity index (χ4v) is 1.53. The van der Waals surface area contributed by atoms with Gasteiger partial charge in [-0.3, -0.25) is 0 Å². The largest absolute Gasteiger partial charge is 0.457 e. The van der Waals surface area contributed by atoms with E-state index in [0.29, 0.717) is 5.75 Å². The molecule has 2 aromatic carbocycles. The molecule has 0 fully saturated rings. The van der Waals surface area contributed by atoms with Crippen molar-refractivity contribution in [1.29, 1.82) is 0 Å². The van der Waals surface area contributed by atoms with Crippen LogP contribution in [0, 0.1) is 5.82 Å². The quantitative estimate of drug-likeness (QED) is 0.747. The minimum absolute atomic E-state index is 0.275. The highest BCUT2D eigenvalue weighted by Crippen LogP contribution is 2.26. The van der Waals surface area contributed by atoms with Crippen LogP contribution in [0.3, 0.4) is 0 Å². The molecular weight excluding hydrogens is 203 g/mol. The van der Waals surface area contributed by atoms with E-state index in [9.17, 15) is 4.39 Å². The molecular formula is C14H13FO. The number of halogens is 1. The summed E-state index contributed by atoms with van der Waals surface area (Å²) < 4.78 is 18.7. The third-order valence-corrected chi connectivity index (χ3v) is 2.38. The summed E-state index contributed by atoms with van der Waals surface area (Å²) in [5.41, 5.74) is 1.00. The van der Waals surface area contributed by atoms with Gasteiger partial charge < -0.3 is 4.74 Å². The third kappa shape index (κ3) is 2.40. The van der Waals surface area contributed by atoms with E-state index in [1.165, 1.54) is 12.1 Å². The van der Waals surface area contributed by atoms with Gasteiger partial charge in [0.1, 0.15) is 17.3 Å². The van der Waals surface area contributed by atoms with Crippen LogP contribution in [0.5, 0.6) is 11.5 Å². The Morgan fingerprint density at radius 1 is 1.06 bits per heavy atom. The zero-order valence-corrected chi connectivity index (χ0v) is 9.11. The Morgan fingerprint density at radius 3 is 2.50 bits per heavy atom. The van der Waals surface area contributed by atoms with Crippen LogP contribution in [0.1, 0.15) is 12.5 Å². The summed E-state index contributed by atoms with van der Waals surface area (Å²) in [5, 5.41) is 0. The molecule has 16 heavy (non-hydrogen) atoms. The number of rotatable bonds is 3. The molecule has 0 amide bonds. The van der Waals surface area contributed by atoms with E-state index in [-0.39, 0.29) is 5.82 Å². The van der Waals surface area contributed by atoms with Crippen molar-refractivity contribution < 1.29 is 9.13 Å². The van der Waals surface area contributed by atoms with E-state index in [2.05, 4.69) is 0 Å². The first kappa shape index (κ1) is 10.7. The minimum Gasteiger partial charge on any atom is -0.457 e. The fourth-order valence-electron chi connectivity index (χ4n) is 1.53. The lowest BCUT2D eigenvalue weighted by molar-refractivity contribution is 0.471. The summed E-state index contributed by atoms with van der Waals surface area (Å²) >= 11 is 0. The highest BCUT2D eigenvalue weighted by molar-refractivity contribution is 5.38. The van der Waals surface area contributed by atoms with Gasteiger partial charge >= 0.3 is 0 Å². The number of hydrogen-bond donors (Lipinski definition) is 0. The average Bonchev–Trinajstić information content (AvgIpc) is 2.31. The molecule has 2 rings (SSSR count). The Labute approximate surface area is 94.5 Å². The topological polar surface area (TPSA) is 9.23 Å². The first-order valence-corrected chi connectivity index (χ1v) is 5.31. The SMILES string of the molecule is CCc1ccc(F)cc1Oc1ccccc1. The lowest BCUT2D eigenvalue weighted by atomic mass is 10.1. The van der Waals surface area contributed by atoms with Crippen LogP contribution >= 0.6 is 0 Å². The molecule has 0 aliphatic carbocycles. The normalized spacial score (nSPS) is 10.1. The summed E-state index contributed by atoms with van der Waals surface area (Å²) in [6, 6.07) is 14.0. The van der Waals surface area contributed by atoms with Gasteiger partial charge in [0.15, 0.2) is 0 Å². The molecule has 2 heteroatoms. The summed E-state index contributed by atoms with van der Waals surface area (Å²) in [6.45, 7) is 2.02. The van der Waals surface area contributed by atoms with Gasteiger partial charge in [-0.15, -0.1) is 0 Å². The van der Waals surface area contributed by atoms with Crippen molar-refractivity contribution in [3.05, 3.63) is 59.9 Å². The highest BCUT2D eigenvalue weighted by atomic mass is 19.1. The number of hydrogen-bond acceptors (Lipinski definition) is 1. The van der Waals surface area contributed by atoms with Crippen LogP contribution in [0.4, 0.5) is 4.39 Å². The molecule has 0 bridgehead atoms. The zero-order chi connectivity index (χ0) is 11.4. The van der Waals surface area contributed by atoms with Crippen LogP contribution < -0.4 is 4.74 Å². The molecule has 0 aliphatic rings. The molecule has 0 atom stereocenters. The molecule has 0 unspecified atom stereocenters. The van der Waals surface area contributed by atoms with Crippen LogP contribution in [-0.4, -0.2) is 0 Å². The van der Waals surface area contributed by atoms with Gasteiger partial charge in [-0.05, 0) is 30.2 Å². The van der Waals surface area contributed by atoms with Gasteiger partial charge in [-0.2, -0.15) is 0 Å². The maximum Gasteiger partial charge on any atom is 0.133 e. The van der Waals surface area contributed by atoms with Gasteiger partial charge in [0, 0.05) is 6.07 Å². The van der Waals surface area contributed by atoms with Gasteiger partial charge in [0.05, 0.1) is 0 Å². The van der Waals surface area contributed by atoms with E-state index in [1.807, 2.05) is 37.3 Å². The Morgan fingerprint density at radius 2 is 1.81 bits per heavy atom. The lowest BCUT2D eigenvalue weighted by Gasteiger charge is -2.09. The van der Waals surface area contributed by atoms with Crippen molar-refractivity contribution in [3.8, 4) is 11.5 Å². The molecule has 0 saturated heterocycles. The number of ether oxygens (including phenoxy) is 1. The monoisotopic (exact) mass is 216 g/mol. The highest BCUT2D eigenvalue weighted by Gasteiger charge is 2.04. The van der Waals surface area contributed by atoms with E-state index in [0.717, 1.165) is 17.7 Å². The van der Waals surface area contributed by atoms with Gasteiger partial charge in [-0.25, -0.2) is 4.39 Å². The molecule has 0 N–H and O–H groups in total. The Bertz CT molecular complexity index is 465. The first-order valence-electron chi connectivity index (χ1n) is 5.31. The van der Waals surface area contributed by atoms with Crippen molar-refractivity contribution in [2.24, 2.45) is 0 Å². The van der Waals surface area contributed by atoms with Gasteiger partial charge in [0.2, 0.25) is 0 Å². The summed E-state index contributed by atoms with van der Waals surface area (Å²) in [6.07, 6.45) is 0.822. The van der Waals surface area contributed by atoms with Crippen molar-refractivity contribution in [1.82, 2.24) is 0 Å². The second kappa shape index (κ2) is 4.79. The van der Waals surface area contributed by atoms with Crippen molar-refractivity contribution >= 4 is 0 Å². The molecule has 0 aliphatic heterocycles. The van der Waals surface area contributed by atoms with E-state index in [4.69, 9.17) is 4.74 Å². The van der Waals surface area contributed by atoms with Crippen LogP contribution in [0.25, 0.3) is 0 Å². The molecule has 0 saturated carbocycles. The Hall–Kier alpha value is -1.83. The molecule has 0 spiro atoms. The lowest BCUT2D eigenvalue weighted by Crippen LogP contribution is -1.91. The molecule has 1 nitrogen and oxygen atoms in total. The van der Waals surface area contributed by atoms with Crippen molar-refractivity contribution in [2.75, 3.05) is 0 Å². The maximum atomic E-state index is 13.1. The van der Waals surface area contributed by atoms with E-state index in [1.54, 1.807) is 6.07 Å². The predicted molar refractivity (Wildman–Crippen MR) is 62.3 cm³/mol. The third-order valence-electron chi connectivity index (χ3n) is 2.38. The molecule has 0 aromatic heterocycles. The maximum absolute atomic E-state index is 13.1. The van der Waals surface area contributed by atoms with Crippen LogP contribution in [0.15, 0.2) is 48.5 Å². The molecule has 0 heterocycles. The summed E-state index contributed by atoms with van der Waals surface area (Å²) in [4.78, 5) is 0. The predicted octanol–water partition coefficient (Wildman–Crippen LogP) is 4.18. The standard InChI is InChI=1S/C14H13FO/c1-2-11-8-9-12(15)10-14(11)16-13-6-4-3-5-7-13/h3-10H,2H2,1H3. The van der Waals surface area contributed by atoms with E-state index < -0.39 is 0 Å². The van der Waals surface area contributed by atoms with Gasteiger partial charge in [-0.1, -0.05) is 31.2 Å². The van der Waals surface area contributed by atoms with E-state index >= 15 is 0 Å². The number of para-hydroxylation sites is 1. The molecule has 82 valence electrons. The Balaban J connectivity index is 2.30. The molecule has 2 aromatic rings. The van der Waals surface area contributed by atoms with Crippen LogP contribution in [-0.2, 0) is 6.42 Å². The second-order valence-electron chi connectivity index (χ2n) is 3.52. The second-order valence-corrected chi connectivity index (χ2v) is 3.52. The molecule has 0 radical (unpaired) electrons. The fraction of sp³-hybridized carbons (Fsp3) is 0.143. The summed E-state index contributed by atoms with van der Waals surface area (Å²) in [7, 11) is 0. The number of aryl methyl sites for hydroxylation is 1. The smallest absolute Gasteiger partial charge is 0.133 e. The van der Waals surface area contributed by atoms with Gasteiger partial charge in [0.25, 0.3) is 0 Å². The van der Waals surface area contributed by atoms with Crippen molar-refractivity contribution in [2.45, 2.75) is 13.3 Å². The summed E-state index contributed by atoms with van der Waals surface area (Å²) in [5.74, 6) is 1.04. The number of benzene rings is 2. The minimum atomic E-state index is -0.275. The zero-order valence-electron chi connectivity index (χ0n) is 9.11. The Kier molecular flexibility index (Phi) is 3.20. The average molecular weight is 216 g/mol.